The second-order valence-corrected chi connectivity index (χ2v) is 8.05. The average Bonchev–Trinajstić information content (AvgIpc) is 3.34. The molecule has 5 rings (SSSR count). The number of carbonyl (C=O) groups is 1. The lowest BCUT2D eigenvalue weighted by Gasteiger charge is -2.26. The van der Waals surface area contributed by atoms with Gasteiger partial charge in [0.05, 0.1) is 11.2 Å². The number of anilines is 1. The molecule has 0 aliphatic carbocycles. The molecule has 1 amide bonds. The zero-order valence-electron chi connectivity index (χ0n) is 17.2. The lowest BCUT2D eigenvalue weighted by atomic mass is 10.0. The van der Waals surface area contributed by atoms with Crippen LogP contribution in [-0.2, 0) is 13.6 Å². The number of benzene rings is 2. The third-order valence-electron chi connectivity index (χ3n) is 5.80. The van der Waals surface area contributed by atoms with E-state index in [2.05, 4.69) is 10.3 Å². The summed E-state index contributed by atoms with van der Waals surface area (Å²) in [7, 11) is 1.85. The van der Waals surface area contributed by atoms with Crippen LogP contribution in [0.4, 0.5) is 5.69 Å². The van der Waals surface area contributed by atoms with Gasteiger partial charge in [-0.2, -0.15) is 0 Å². The lowest BCUT2D eigenvalue weighted by Crippen LogP contribution is -2.30. The molecule has 0 N–H and O–H groups in total. The minimum Gasteiger partial charge on any atom is -0.324 e. The summed E-state index contributed by atoms with van der Waals surface area (Å²) in [5.41, 5.74) is 5.88. The molecule has 0 spiro atoms. The number of nitrogens with zero attached hydrogens (tertiary/aromatic N) is 6. The van der Waals surface area contributed by atoms with Crippen LogP contribution in [0.15, 0.2) is 36.4 Å². The highest BCUT2D eigenvalue weighted by molar-refractivity contribution is 6.30. The highest BCUT2D eigenvalue weighted by atomic mass is 35.5. The molecule has 30 heavy (non-hydrogen) atoms. The second kappa shape index (κ2) is 6.67. The molecular weight excluding hydrogens is 400 g/mol. The molecule has 0 saturated carbocycles. The zero-order chi connectivity index (χ0) is 21.2. The summed E-state index contributed by atoms with van der Waals surface area (Å²) in [5.74, 6) is 0.790. The van der Waals surface area contributed by atoms with Crippen molar-refractivity contribution in [1.29, 1.82) is 0 Å². The van der Waals surface area contributed by atoms with Gasteiger partial charge in [-0.1, -0.05) is 28.9 Å². The highest BCUT2D eigenvalue weighted by Gasteiger charge is 2.43. The molecule has 7 nitrogen and oxygen atoms in total. The van der Waals surface area contributed by atoms with Crippen molar-refractivity contribution in [2.75, 3.05) is 4.90 Å². The van der Waals surface area contributed by atoms with E-state index in [1.807, 2.05) is 73.7 Å². The Balaban J connectivity index is 1.75. The molecule has 1 aliphatic rings. The summed E-state index contributed by atoms with van der Waals surface area (Å²) < 4.78 is 3.71. The SMILES string of the molecule is CCn1c(C)nc2c1C(=O)N(c1cc(C)c3nnn(C)c3c1)[C@H]2c1ccc(Cl)cc1. The van der Waals surface area contributed by atoms with E-state index in [0.29, 0.717) is 17.3 Å². The van der Waals surface area contributed by atoms with Gasteiger partial charge in [0, 0.05) is 24.3 Å². The average molecular weight is 421 g/mol. The molecule has 0 radical (unpaired) electrons. The van der Waals surface area contributed by atoms with Crippen molar-refractivity contribution in [3.63, 3.8) is 0 Å². The molecule has 8 heteroatoms. The maximum atomic E-state index is 13.7. The van der Waals surface area contributed by atoms with Crippen LogP contribution in [0.5, 0.6) is 0 Å². The number of imidazole rings is 1. The predicted molar refractivity (Wildman–Crippen MR) is 116 cm³/mol. The Morgan fingerprint density at radius 1 is 1.13 bits per heavy atom. The fourth-order valence-corrected chi connectivity index (χ4v) is 4.51. The molecule has 0 bridgehead atoms. The molecule has 2 aromatic carbocycles. The van der Waals surface area contributed by atoms with Crippen molar-refractivity contribution in [2.24, 2.45) is 7.05 Å². The summed E-state index contributed by atoms with van der Waals surface area (Å²) in [6, 6.07) is 11.3. The van der Waals surface area contributed by atoms with Gasteiger partial charge in [-0.05, 0) is 56.2 Å². The molecule has 0 unspecified atom stereocenters. The van der Waals surface area contributed by atoms with Gasteiger partial charge in [0.1, 0.15) is 23.1 Å². The first-order valence-electron chi connectivity index (χ1n) is 9.86. The first kappa shape index (κ1) is 18.8. The van der Waals surface area contributed by atoms with E-state index >= 15 is 0 Å². The second-order valence-electron chi connectivity index (χ2n) is 7.61. The topological polar surface area (TPSA) is 68.8 Å². The van der Waals surface area contributed by atoms with Crippen molar-refractivity contribution in [3.8, 4) is 0 Å². The van der Waals surface area contributed by atoms with Gasteiger partial charge in [-0.3, -0.25) is 9.69 Å². The van der Waals surface area contributed by atoms with Crippen LogP contribution in [0.1, 0.15) is 46.1 Å². The minimum atomic E-state index is -0.325. The van der Waals surface area contributed by atoms with Crippen molar-refractivity contribution in [2.45, 2.75) is 33.4 Å². The first-order valence-corrected chi connectivity index (χ1v) is 10.2. The van der Waals surface area contributed by atoms with Gasteiger partial charge in [0.25, 0.3) is 5.91 Å². The Hall–Kier alpha value is -3.19. The molecular formula is C22H21ClN6O. The smallest absolute Gasteiger partial charge is 0.277 e. The number of aryl methyl sites for hydroxylation is 3. The van der Waals surface area contributed by atoms with Crippen LogP contribution >= 0.6 is 11.6 Å². The largest absolute Gasteiger partial charge is 0.324 e. The van der Waals surface area contributed by atoms with Crippen LogP contribution in [-0.4, -0.2) is 30.5 Å². The van der Waals surface area contributed by atoms with Gasteiger partial charge < -0.3 is 4.57 Å². The van der Waals surface area contributed by atoms with Gasteiger partial charge in [-0.25, -0.2) is 9.67 Å². The van der Waals surface area contributed by atoms with Gasteiger partial charge >= 0.3 is 0 Å². The Bertz CT molecular complexity index is 1300. The maximum Gasteiger partial charge on any atom is 0.277 e. The number of rotatable bonds is 3. The normalized spacial score (nSPS) is 16.0. The van der Waals surface area contributed by atoms with E-state index in [0.717, 1.165) is 39.4 Å². The Labute approximate surface area is 178 Å². The maximum absolute atomic E-state index is 13.7. The number of carbonyl (C=O) groups excluding carboxylic acids is 1. The lowest BCUT2D eigenvalue weighted by molar-refractivity contribution is 0.0985. The molecule has 4 aromatic rings. The van der Waals surface area contributed by atoms with E-state index in [9.17, 15) is 4.79 Å². The van der Waals surface area contributed by atoms with Crippen LogP contribution in [0.3, 0.4) is 0 Å². The van der Waals surface area contributed by atoms with E-state index in [1.165, 1.54) is 0 Å². The monoisotopic (exact) mass is 420 g/mol. The molecule has 0 saturated heterocycles. The number of fused-ring (bicyclic) bond motifs is 2. The first-order chi connectivity index (χ1) is 14.4. The number of amides is 1. The van der Waals surface area contributed by atoms with Gasteiger partial charge in [0.15, 0.2) is 0 Å². The fourth-order valence-electron chi connectivity index (χ4n) is 4.38. The standard InChI is InChI=1S/C22H21ClN6O/c1-5-28-13(3)24-19-20(14-6-8-15(23)9-7-14)29(22(30)21(19)28)16-10-12(2)18-17(11-16)27(4)26-25-18/h6-11,20H,5H2,1-4H3/t20-/m0/s1. The Morgan fingerprint density at radius 2 is 1.87 bits per heavy atom. The van der Waals surface area contributed by atoms with Gasteiger partial charge in [0.2, 0.25) is 0 Å². The Morgan fingerprint density at radius 3 is 2.57 bits per heavy atom. The molecule has 1 aliphatic heterocycles. The fraction of sp³-hybridized carbons (Fsp3) is 0.273. The van der Waals surface area contributed by atoms with Crippen molar-refractivity contribution < 1.29 is 4.79 Å². The highest BCUT2D eigenvalue weighted by Crippen LogP contribution is 2.42. The number of hydrogen-bond donors (Lipinski definition) is 0. The molecule has 1 atom stereocenters. The summed E-state index contributed by atoms with van der Waals surface area (Å²) >= 11 is 6.13. The van der Waals surface area contributed by atoms with Crippen LogP contribution in [0.2, 0.25) is 5.02 Å². The molecule has 2 aromatic heterocycles. The zero-order valence-corrected chi connectivity index (χ0v) is 18.0. The van der Waals surface area contributed by atoms with Crippen LogP contribution < -0.4 is 4.90 Å². The minimum absolute atomic E-state index is 0.0544. The van der Waals surface area contributed by atoms with Crippen LogP contribution in [0.25, 0.3) is 11.0 Å². The third-order valence-corrected chi connectivity index (χ3v) is 6.05. The van der Waals surface area contributed by atoms with E-state index < -0.39 is 0 Å². The predicted octanol–water partition coefficient (Wildman–Crippen LogP) is 4.20. The summed E-state index contributed by atoms with van der Waals surface area (Å²) in [6.07, 6.45) is 0. The number of hydrogen-bond acceptors (Lipinski definition) is 4. The summed E-state index contributed by atoms with van der Waals surface area (Å²) in [4.78, 5) is 20.3. The number of halogens is 1. The quantitative estimate of drug-likeness (QED) is 0.498. The summed E-state index contributed by atoms with van der Waals surface area (Å²) in [5, 5.41) is 9.02. The third kappa shape index (κ3) is 2.58. The van der Waals surface area contributed by atoms with Crippen LogP contribution in [0, 0.1) is 13.8 Å². The van der Waals surface area contributed by atoms with Crippen molar-refractivity contribution in [3.05, 3.63) is 69.8 Å². The van der Waals surface area contributed by atoms with Gasteiger partial charge in [-0.15, -0.1) is 5.10 Å². The van der Waals surface area contributed by atoms with E-state index in [4.69, 9.17) is 16.6 Å². The molecule has 152 valence electrons. The van der Waals surface area contributed by atoms with Crippen molar-refractivity contribution in [1.82, 2.24) is 24.5 Å². The summed E-state index contributed by atoms with van der Waals surface area (Å²) in [6.45, 7) is 6.64. The number of aromatic nitrogens is 5. The molecule has 0 fully saturated rings. The van der Waals surface area contributed by atoms with E-state index in [-0.39, 0.29) is 11.9 Å². The molecule has 3 heterocycles. The van der Waals surface area contributed by atoms with Crippen molar-refractivity contribution >= 4 is 34.2 Å². The Kier molecular flexibility index (Phi) is 4.18. The van der Waals surface area contributed by atoms with E-state index in [1.54, 1.807) is 4.68 Å².